The van der Waals surface area contributed by atoms with Gasteiger partial charge in [-0.3, -0.25) is 0 Å². The van der Waals surface area contributed by atoms with Crippen molar-refractivity contribution in [2.24, 2.45) is 0 Å². The lowest BCUT2D eigenvalue weighted by molar-refractivity contribution is 0.388. The van der Waals surface area contributed by atoms with Crippen LogP contribution in [0.5, 0.6) is 0 Å². The largest absolute Gasteiger partial charge is 0.420 e. The Hall–Kier alpha value is 0.177. The number of rotatable bonds is 14. The zero-order valence-corrected chi connectivity index (χ0v) is 15.1. The van der Waals surface area contributed by atoms with Gasteiger partial charge in [0.1, 0.15) is 0 Å². The maximum Gasteiger partial charge on any atom is 0.191 e. The molecule has 0 aromatic carbocycles. The molecule has 19 heavy (non-hydrogen) atoms. The van der Waals surface area contributed by atoms with E-state index in [-0.39, 0.29) is 0 Å². The third-order valence-corrected chi connectivity index (χ3v) is 9.42. The normalized spacial score (nSPS) is 12.0. The molecular formula is C17H38OSi. The summed E-state index contributed by atoms with van der Waals surface area (Å²) in [6, 6.07) is 3.96. The van der Waals surface area contributed by atoms with Gasteiger partial charge in [0.05, 0.1) is 0 Å². The molecule has 1 nitrogen and oxygen atoms in total. The van der Waals surface area contributed by atoms with E-state index in [1.807, 2.05) is 7.11 Å². The summed E-state index contributed by atoms with van der Waals surface area (Å²) in [6.45, 7) is 6.92. The van der Waals surface area contributed by atoms with Crippen LogP contribution in [0.25, 0.3) is 0 Å². The third-order valence-electron chi connectivity index (χ3n) is 4.71. The second kappa shape index (κ2) is 13.2. The molecule has 0 aromatic rings. The molecule has 0 spiro atoms. The van der Waals surface area contributed by atoms with E-state index < -0.39 is 8.32 Å². The Bertz CT molecular complexity index is 170. The van der Waals surface area contributed by atoms with Crippen molar-refractivity contribution in [1.82, 2.24) is 0 Å². The van der Waals surface area contributed by atoms with Gasteiger partial charge < -0.3 is 4.43 Å². The van der Waals surface area contributed by atoms with Gasteiger partial charge in [-0.25, -0.2) is 0 Å². The highest BCUT2D eigenvalue weighted by Gasteiger charge is 2.28. The highest BCUT2D eigenvalue weighted by molar-refractivity contribution is 6.73. The summed E-state index contributed by atoms with van der Waals surface area (Å²) in [4.78, 5) is 0. The van der Waals surface area contributed by atoms with E-state index in [4.69, 9.17) is 4.43 Å². The second-order valence-electron chi connectivity index (χ2n) is 6.03. The molecule has 0 saturated carbocycles. The topological polar surface area (TPSA) is 9.23 Å². The predicted molar refractivity (Wildman–Crippen MR) is 90.4 cm³/mol. The molecule has 0 amide bonds. The Morgan fingerprint density at radius 2 is 1.05 bits per heavy atom. The van der Waals surface area contributed by atoms with Gasteiger partial charge in [0.2, 0.25) is 0 Å². The summed E-state index contributed by atoms with van der Waals surface area (Å²) in [7, 11) is 0.632. The summed E-state index contributed by atoms with van der Waals surface area (Å²) < 4.78 is 5.86. The Labute approximate surface area is 123 Å². The molecule has 0 radical (unpaired) electrons. The van der Waals surface area contributed by atoms with Gasteiger partial charge in [-0.15, -0.1) is 0 Å². The van der Waals surface area contributed by atoms with Crippen LogP contribution in [-0.4, -0.2) is 15.4 Å². The van der Waals surface area contributed by atoms with Gasteiger partial charge in [0.25, 0.3) is 0 Å². The minimum atomic E-state index is -1.31. The summed E-state index contributed by atoms with van der Waals surface area (Å²) in [5, 5.41) is 0. The maximum absolute atomic E-state index is 5.86. The maximum atomic E-state index is 5.86. The Balaban J connectivity index is 3.35. The Kier molecular flexibility index (Phi) is 13.3. The van der Waals surface area contributed by atoms with Crippen molar-refractivity contribution < 1.29 is 4.43 Å². The summed E-state index contributed by atoms with van der Waals surface area (Å²) in [5.41, 5.74) is 0. The van der Waals surface area contributed by atoms with Crippen molar-refractivity contribution in [2.75, 3.05) is 7.11 Å². The lowest BCUT2D eigenvalue weighted by atomic mass is 10.1. The molecule has 0 aliphatic carbocycles. The number of hydrogen-bond donors (Lipinski definition) is 0. The summed E-state index contributed by atoms with van der Waals surface area (Å²) in [5.74, 6) is 0. The van der Waals surface area contributed by atoms with E-state index in [1.165, 1.54) is 82.3 Å². The molecule has 0 atom stereocenters. The van der Waals surface area contributed by atoms with E-state index in [1.54, 1.807) is 0 Å². The van der Waals surface area contributed by atoms with Crippen LogP contribution in [0.3, 0.4) is 0 Å². The lowest BCUT2D eigenvalue weighted by Crippen LogP contribution is -2.34. The standard InChI is InChI=1S/C17H38OSi/c1-5-8-9-10-11-12-13-14-15-16-17-19(6-2,7-3)18-4/h5-17H2,1-4H3. The van der Waals surface area contributed by atoms with E-state index in [2.05, 4.69) is 20.8 Å². The number of hydrogen-bond acceptors (Lipinski definition) is 1. The Morgan fingerprint density at radius 1 is 0.632 bits per heavy atom. The smallest absolute Gasteiger partial charge is 0.191 e. The highest BCUT2D eigenvalue weighted by atomic mass is 28.4. The zero-order chi connectivity index (χ0) is 14.4. The molecule has 0 aliphatic rings. The first-order chi connectivity index (χ1) is 9.24. The van der Waals surface area contributed by atoms with Crippen LogP contribution in [0, 0.1) is 0 Å². The molecule has 0 bridgehead atoms. The number of unbranched alkanes of at least 4 members (excludes halogenated alkanes) is 9. The van der Waals surface area contributed by atoms with Crippen molar-refractivity contribution in [3.05, 3.63) is 0 Å². The van der Waals surface area contributed by atoms with Gasteiger partial charge in [-0.05, 0) is 18.1 Å². The minimum Gasteiger partial charge on any atom is -0.420 e. The monoisotopic (exact) mass is 286 g/mol. The highest BCUT2D eigenvalue weighted by Crippen LogP contribution is 2.24. The molecule has 2 heteroatoms. The second-order valence-corrected chi connectivity index (χ2v) is 10.7. The average molecular weight is 287 g/mol. The van der Waals surface area contributed by atoms with Gasteiger partial charge >= 0.3 is 0 Å². The van der Waals surface area contributed by atoms with E-state index >= 15 is 0 Å². The molecule has 0 N–H and O–H groups in total. The van der Waals surface area contributed by atoms with Crippen LogP contribution >= 0.6 is 0 Å². The fourth-order valence-corrected chi connectivity index (χ4v) is 5.81. The van der Waals surface area contributed by atoms with Crippen molar-refractivity contribution in [2.45, 2.75) is 103 Å². The van der Waals surface area contributed by atoms with Crippen LogP contribution in [0.4, 0.5) is 0 Å². The predicted octanol–water partition coefficient (Wildman–Crippen LogP) is 6.54. The molecule has 0 fully saturated rings. The van der Waals surface area contributed by atoms with Gasteiger partial charge in [0, 0.05) is 7.11 Å². The molecule has 0 rings (SSSR count). The first kappa shape index (κ1) is 19.2. The van der Waals surface area contributed by atoms with Crippen molar-refractivity contribution in [1.29, 1.82) is 0 Å². The Morgan fingerprint density at radius 3 is 1.42 bits per heavy atom. The molecule has 0 heterocycles. The minimum absolute atomic E-state index is 1.29. The first-order valence-electron chi connectivity index (χ1n) is 8.79. The van der Waals surface area contributed by atoms with Gasteiger partial charge in [-0.2, -0.15) is 0 Å². The zero-order valence-electron chi connectivity index (χ0n) is 14.1. The molecular weight excluding hydrogens is 248 g/mol. The molecule has 0 unspecified atom stereocenters. The summed E-state index contributed by atoms with van der Waals surface area (Å²) >= 11 is 0. The lowest BCUT2D eigenvalue weighted by Gasteiger charge is -2.27. The first-order valence-corrected chi connectivity index (χ1v) is 11.3. The van der Waals surface area contributed by atoms with Crippen LogP contribution < -0.4 is 0 Å². The quantitative estimate of drug-likeness (QED) is 0.260. The molecule has 0 aromatic heterocycles. The third kappa shape index (κ3) is 9.67. The van der Waals surface area contributed by atoms with Crippen molar-refractivity contribution in [3.8, 4) is 0 Å². The van der Waals surface area contributed by atoms with Crippen LogP contribution in [0.15, 0.2) is 0 Å². The molecule has 0 aliphatic heterocycles. The van der Waals surface area contributed by atoms with Crippen LogP contribution in [-0.2, 0) is 4.43 Å². The van der Waals surface area contributed by atoms with Crippen LogP contribution in [0.2, 0.25) is 18.1 Å². The van der Waals surface area contributed by atoms with E-state index in [0.29, 0.717) is 0 Å². The van der Waals surface area contributed by atoms with Crippen LogP contribution in [0.1, 0.15) is 85.0 Å². The molecule has 0 saturated heterocycles. The van der Waals surface area contributed by atoms with Gasteiger partial charge in [-0.1, -0.05) is 85.0 Å². The van der Waals surface area contributed by atoms with Crippen molar-refractivity contribution >= 4 is 8.32 Å². The van der Waals surface area contributed by atoms with Crippen molar-refractivity contribution in [3.63, 3.8) is 0 Å². The van der Waals surface area contributed by atoms with Gasteiger partial charge in [0.15, 0.2) is 8.32 Å². The fraction of sp³-hybridized carbons (Fsp3) is 1.00. The summed E-state index contributed by atoms with van der Waals surface area (Å²) in [6.07, 6.45) is 14.3. The molecule has 116 valence electrons. The fourth-order valence-electron chi connectivity index (χ4n) is 2.93. The van der Waals surface area contributed by atoms with E-state index in [0.717, 1.165) is 0 Å². The van der Waals surface area contributed by atoms with E-state index in [9.17, 15) is 0 Å². The SMILES string of the molecule is CCCCCCCCCCCC[Si](CC)(CC)OC. The average Bonchev–Trinajstić information content (AvgIpc) is 2.46.